The van der Waals surface area contributed by atoms with E-state index in [-0.39, 0.29) is 29.8 Å². The molecule has 1 fully saturated rings. The summed E-state index contributed by atoms with van der Waals surface area (Å²) >= 11 is 0. The third-order valence-corrected chi connectivity index (χ3v) is 4.85. The van der Waals surface area contributed by atoms with Crippen LogP contribution in [0.2, 0.25) is 0 Å². The predicted octanol–water partition coefficient (Wildman–Crippen LogP) is 3.28. The molecule has 0 saturated carbocycles. The summed E-state index contributed by atoms with van der Waals surface area (Å²) in [6, 6.07) is 8.79. The Morgan fingerprint density at radius 3 is 2.42 bits per heavy atom. The van der Waals surface area contributed by atoms with Crippen LogP contribution in [0.1, 0.15) is 32.7 Å². The molecule has 1 saturated heterocycles. The molecule has 0 aromatic heterocycles. The van der Waals surface area contributed by atoms with Gasteiger partial charge in [0.1, 0.15) is 18.4 Å². The highest BCUT2D eigenvalue weighted by Gasteiger charge is 2.40. The average molecular weight is 437 g/mol. The molecule has 3 rings (SSSR count). The molecular weight excluding hydrogens is 418 g/mol. The Balaban J connectivity index is 1.77. The zero-order valence-electron chi connectivity index (χ0n) is 16.4. The molecule has 1 aliphatic rings. The number of hydrogen-bond acceptors (Lipinski definition) is 3. The Morgan fingerprint density at radius 2 is 1.74 bits per heavy atom. The first kappa shape index (κ1) is 22.3. The minimum absolute atomic E-state index is 0.00626. The number of carbonyl (C=O) groups excluding carboxylic acids is 3. The van der Waals surface area contributed by atoms with Crippen LogP contribution in [0, 0.1) is 12.7 Å². The monoisotopic (exact) mass is 437 g/mol. The highest BCUT2D eigenvalue weighted by Crippen LogP contribution is 2.24. The van der Waals surface area contributed by atoms with E-state index in [2.05, 4.69) is 10.6 Å². The minimum Gasteiger partial charge on any atom is -0.340 e. The van der Waals surface area contributed by atoms with Crippen molar-refractivity contribution < 1.29 is 31.9 Å². The van der Waals surface area contributed by atoms with Crippen molar-refractivity contribution in [2.24, 2.45) is 0 Å². The van der Waals surface area contributed by atoms with Crippen LogP contribution in [-0.4, -0.2) is 47.9 Å². The van der Waals surface area contributed by atoms with Crippen LogP contribution >= 0.6 is 0 Å². The van der Waals surface area contributed by atoms with E-state index in [0.717, 1.165) is 6.07 Å². The van der Waals surface area contributed by atoms with Gasteiger partial charge in [-0.3, -0.25) is 14.4 Å². The third-order valence-electron chi connectivity index (χ3n) is 4.85. The number of carbonyl (C=O) groups is 3. The molecule has 1 heterocycles. The van der Waals surface area contributed by atoms with Crippen LogP contribution in [0.3, 0.4) is 0 Å². The van der Waals surface area contributed by atoms with Gasteiger partial charge in [-0.1, -0.05) is 24.3 Å². The Hall–Kier alpha value is -3.43. The second-order valence-electron chi connectivity index (χ2n) is 7.12. The first-order valence-electron chi connectivity index (χ1n) is 9.38. The molecule has 3 amide bonds. The maximum atomic E-state index is 13.9. The van der Waals surface area contributed by atoms with Crippen molar-refractivity contribution >= 4 is 23.4 Å². The number of aryl methyl sites for hydroxylation is 1. The van der Waals surface area contributed by atoms with Crippen LogP contribution in [-0.2, 0) is 4.79 Å². The molecule has 1 aliphatic heterocycles. The number of benzene rings is 2. The molecule has 1 atom stereocenters. The Morgan fingerprint density at radius 1 is 1.06 bits per heavy atom. The number of halogens is 4. The Kier molecular flexibility index (Phi) is 6.28. The van der Waals surface area contributed by atoms with Crippen molar-refractivity contribution in [3.63, 3.8) is 0 Å². The molecule has 2 aromatic carbocycles. The van der Waals surface area contributed by atoms with Gasteiger partial charge in [0, 0.05) is 6.54 Å². The molecule has 2 N–H and O–H groups in total. The number of para-hydroxylation sites is 1. The molecule has 0 aliphatic carbocycles. The standard InChI is InChI=1S/C21H19F4N3O3/c1-12-5-4-7-14(17(12)27-18(29)13-6-2-3-8-15(13)22)19(30)26-16-9-10-28(20(16)31)11-21(23,24)25/h2-8,16H,9-11H2,1H3,(H,26,30)(H,27,29). The number of alkyl halides is 3. The van der Waals surface area contributed by atoms with Crippen molar-refractivity contribution in [2.45, 2.75) is 25.6 Å². The van der Waals surface area contributed by atoms with Gasteiger partial charge in [0.2, 0.25) is 5.91 Å². The zero-order valence-corrected chi connectivity index (χ0v) is 16.4. The van der Waals surface area contributed by atoms with E-state index < -0.39 is 42.3 Å². The molecule has 164 valence electrons. The summed E-state index contributed by atoms with van der Waals surface area (Å²) in [5.74, 6) is -3.06. The number of likely N-dealkylation sites (tertiary alicyclic amines) is 1. The van der Waals surface area contributed by atoms with Gasteiger partial charge in [-0.15, -0.1) is 0 Å². The van der Waals surface area contributed by atoms with E-state index in [4.69, 9.17) is 0 Å². The molecule has 0 radical (unpaired) electrons. The second-order valence-corrected chi connectivity index (χ2v) is 7.12. The third kappa shape index (κ3) is 5.19. The van der Waals surface area contributed by atoms with E-state index in [0.29, 0.717) is 10.5 Å². The number of hydrogen-bond donors (Lipinski definition) is 2. The van der Waals surface area contributed by atoms with Gasteiger partial charge in [0.25, 0.3) is 11.8 Å². The summed E-state index contributed by atoms with van der Waals surface area (Å²) in [6.45, 7) is 0.111. The van der Waals surface area contributed by atoms with Gasteiger partial charge in [0.05, 0.1) is 16.8 Å². The predicted molar refractivity (Wildman–Crippen MR) is 104 cm³/mol. The maximum Gasteiger partial charge on any atom is 0.406 e. The largest absolute Gasteiger partial charge is 0.406 e. The van der Waals surface area contributed by atoms with E-state index in [1.54, 1.807) is 19.1 Å². The van der Waals surface area contributed by atoms with Gasteiger partial charge < -0.3 is 15.5 Å². The highest BCUT2D eigenvalue weighted by atomic mass is 19.4. The number of rotatable bonds is 5. The normalized spacial score (nSPS) is 16.4. The topological polar surface area (TPSA) is 78.5 Å². The van der Waals surface area contributed by atoms with E-state index >= 15 is 0 Å². The van der Waals surface area contributed by atoms with E-state index in [1.165, 1.54) is 24.3 Å². The Bertz CT molecular complexity index is 1020. The summed E-state index contributed by atoms with van der Waals surface area (Å²) in [6.07, 6.45) is -4.50. The highest BCUT2D eigenvalue weighted by molar-refractivity contribution is 6.10. The van der Waals surface area contributed by atoms with E-state index in [1.807, 2.05) is 0 Å². The summed E-state index contributed by atoms with van der Waals surface area (Å²) < 4.78 is 51.6. The maximum absolute atomic E-state index is 13.9. The lowest BCUT2D eigenvalue weighted by molar-refractivity contribution is -0.157. The van der Waals surface area contributed by atoms with Crippen LogP contribution in [0.25, 0.3) is 0 Å². The zero-order chi connectivity index (χ0) is 22.8. The van der Waals surface area contributed by atoms with Crippen LogP contribution in [0.15, 0.2) is 42.5 Å². The lowest BCUT2D eigenvalue weighted by Crippen LogP contribution is -2.44. The smallest absolute Gasteiger partial charge is 0.340 e. The average Bonchev–Trinajstić information content (AvgIpc) is 3.01. The van der Waals surface area contributed by atoms with Crippen LogP contribution in [0.4, 0.5) is 23.2 Å². The number of nitrogens with zero attached hydrogens (tertiary/aromatic N) is 1. The second kappa shape index (κ2) is 8.75. The molecule has 10 heteroatoms. The first-order valence-corrected chi connectivity index (χ1v) is 9.38. The van der Waals surface area contributed by atoms with Gasteiger partial charge in [0.15, 0.2) is 0 Å². The minimum atomic E-state index is -4.53. The number of amides is 3. The molecule has 0 spiro atoms. The molecular formula is C21H19F4N3O3. The lowest BCUT2D eigenvalue weighted by atomic mass is 10.1. The fourth-order valence-electron chi connectivity index (χ4n) is 3.33. The van der Waals surface area contributed by atoms with Gasteiger partial charge in [-0.2, -0.15) is 13.2 Å². The summed E-state index contributed by atoms with van der Waals surface area (Å²) in [7, 11) is 0. The Labute approximate surface area is 175 Å². The van der Waals surface area contributed by atoms with Crippen molar-refractivity contribution in [1.29, 1.82) is 0 Å². The van der Waals surface area contributed by atoms with Crippen molar-refractivity contribution in [2.75, 3.05) is 18.4 Å². The van der Waals surface area contributed by atoms with Gasteiger partial charge >= 0.3 is 6.18 Å². The first-order chi connectivity index (χ1) is 14.6. The molecule has 6 nitrogen and oxygen atoms in total. The fourth-order valence-corrected chi connectivity index (χ4v) is 3.33. The summed E-state index contributed by atoms with van der Waals surface area (Å²) in [5.41, 5.74) is 0.414. The van der Waals surface area contributed by atoms with Crippen molar-refractivity contribution in [3.8, 4) is 0 Å². The molecule has 0 bridgehead atoms. The summed E-state index contributed by atoms with van der Waals surface area (Å²) in [5, 5.41) is 4.94. The quantitative estimate of drug-likeness (QED) is 0.705. The fraction of sp³-hybridized carbons (Fsp3) is 0.286. The van der Waals surface area contributed by atoms with Gasteiger partial charge in [-0.25, -0.2) is 4.39 Å². The van der Waals surface area contributed by atoms with E-state index in [9.17, 15) is 31.9 Å². The van der Waals surface area contributed by atoms with Gasteiger partial charge in [-0.05, 0) is 37.1 Å². The van der Waals surface area contributed by atoms with Crippen molar-refractivity contribution in [3.05, 3.63) is 65.0 Å². The molecule has 1 unspecified atom stereocenters. The number of nitrogens with one attached hydrogen (secondary N) is 2. The lowest BCUT2D eigenvalue weighted by Gasteiger charge is -2.19. The van der Waals surface area contributed by atoms with Crippen molar-refractivity contribution in [1.82, 2.24) is 10.2 Å². The number of anilines is 1. The van der Waals surface area contributed by atoms with Crippen LogP contribution < -0.4 is 10.6 Å². The van der Waals surface area contributed by atoms with Crippen LogP contribution in [0.5, 0.6) is 0 Å². The molecule has 2 aromatic rings. The summed E-state index contributed by atoms with van der Waals surface area (Å²) in [4.78, 5) is 38.1. The molecule has 31 heavy (non-hydrogen) atoms. The SMILES string of the molecule is Cc1cccc(C(=O)NC2CCN(CC(F)(F)F)C2=O)c1NC(=O)c1ccccc1F.